The first-order valence-electron chi connectivity index (χ1n) is 15.0. The average molecular weight is 576 g/mol. The van der Waals surface area contributed by atoms with Gasteiger partial charge >= 0.3 is 0 Å². The summed E-state index contributed by atoms with van der Waals surface area (Å²) in [6.45, 7) is 2.12. The molecule has 45 heavy (non-hydrogen) atoms. The quantitative estimate of drug-likeness (QED) is 0.211. The lowest BCUT2D eigenvalue weighted by atomic mass is 10.0. The van der Waals surface area contributed by atoms with E-state index in [-0.39, 0.29) is 0 Å². The molecule has 9 aromatic rings. The maximum absolute atomic E-state index is 9.92. The van der Waals surface area contributed by atoms with E-state index in [1.807, 2.05) is 30.3 Å². The topological polar surface area (TPSA) is 59.4 Å². The fourth-order valence-electron chi connectivity index (χ4n) is 6.74. The number of benzene rings is 6. The first kappa shape index (κ1) is 25.3. The van der Waals surface area contributed by atoms with Crippen LogP contribution in [-0.2, 0) is 0 Å². The lowest BCUT2D eigenvalue weighted by Gasteiger charge is -2.10. The van der Waals surface area contributed by atoms with Gasteiger partial charge in [0.25, 0.3) is 0 Å². The van der Waals surface area contributed by atoms with Crippen LogP contribution in [0.4, 0.5) is 0 Å². The Morgan fingerprint density at radius 3 is 1.89 bits per heavy atom. The van der Waals surface area contributed by atoms with Crippen molar-refractivity contribution in [3.8, 4) is 28.8 Å². The van der Waals surface area contributed by atoms with E-state index in [1.165, 1.54) is 27.4 Å². The number of para-hydroxylation sites is 3. The molecule has 0 aliphatic rings. The molecular weight excluding hydrogens is 550 g/mol. The van der Waals surface area contributed by atoms with E-state index in [2.05, 4.69) is 125 Å². The zero-order chi connectivity index (χ0) is 30.1. The summed E-state index contributed by atoms with van der Waals surface area (Å²) in [6.07, 6.45) is 0. The van der Waals surface area contributed by atoms with Gasteiger partial charge in [-0.05, 0) is 72.6 Å². The molecule has 0 amide bonds. The highest BCUT2D eigenvalue weighted by molar-refractivity contribution is 6.12. The Morgan fingerprint density at radius 2 is 1.11 bits per heavy atom. The molecule has 0 atom stereocenters. The molecule has 0 aliphatic carbocycles. The molecule has 0 saturated heterocycles. The highest BCUT2D eigenvalue weighted by Crippen LogP contribution is 2.38. The van der Waals surface area contributed by atoms with Crippen molar-refractivity contribution in [2.45, 2.75) is 6.92 Å². The Labute approximate surface area is 258 Å². The van der Waals surface area contributed by atoms with Gasteiger partial charge in [-0.2, -0.15) is 5.26 Å². The van der Waals surface area contributed by atoms with Crippen molar-refractivity contribution >= 4 is 54.5 Å². The summed E-state index contributed by atoms with van der Waals surface area (Å²) < 4.78 is 4.43. The number of aryl methyl sites for hydroxylation is 1. The van der Waals surface area contributed by atoms with Crippen molar-refractivity contribution in [2.24, 2.45) is 0 Å². The SMILES string of the molecule is Cc1ccc(-n2c3ccccc3c3ccc(-c4ccc5c(c4)c4ccccc4n5-c4nc(C#N)c5ccccc5n4)cc32)cc1. The Bertz CT molecular complexity index is 2670. The van der Waals surface area contributed by atoms with Crippen LogP contribution in [-0.4, -0.2) is 19.1 Å². The molecule has 5 nitrogen and oxygen atoms in total. The molecule has 0 saturated carbocycles. The zero-order valence-electron chi connectivity index (χ0n) is 24.4. The maximum atomic E-state index is 9.92. The summed E-state index contributed by atoms with van der Waals surface area (Å²) in [5, 5.41) is 15.4. The number of hydrogen-bond acceptors (Lipinski definition) is 3. The summed E-state index contributed by atoms with van der Waals surface area (Å²) >= 11 is 0. The molecule has 6 aromatic carbocycles. The highest BCUT2D eigenvalue weighted by atomic mass is 15.2. The lowest BCUT2D eigenvalue weighted by molar-refractivity contribution is 1.00. The van der Waals surface area contributed by atoms with Crippen molar-refractivity contribution < 1.29 is 0 Å². The van der Waals surface area contributed by atoms with Crippen LogP contribution >= 0.6 is 0 Å². The number of fused-ring (bicyclic) bond motifs is 7. The summed E-state index contributed by atoms with van der Waals surface area (Å²) in [6, 6.07) is 49.0. The molecule has 0 bridgehead atoms. The second-order valence-corrected chi connectivity index (χ2v) is 11.5. The Balaban J connectivity index is 1.27. The van der Waals surface area contributed by atoms with Crippen molar-refractivity contribution in [2.75, 3.05) is 0 Å². The van der Waals surface area contributed by atoms with Crippen LogP contribution in [0.5, 0.6) is 0 Å². The van der Waals surface area contributed by atoms with E-state index in [0.717, 1.165) is 49.5 Å². The van der Waals surface area contributed by atoms with Crippen molar-refractivity contribution in [1.82, 2.24) is 19.1 Å². The lowest BCUT2D eigenvalue weighted by Crippen LogP contribution is -2.03. The fourth-order valence-corrected chi connectivity index (χ4v) is 6.74. The Morgan fingerprint density at radius 1 is 0.511 bits per heavy atom. The third-order valence-electron chi connectivity index (χ3n) is 8.87. The van der Waals surface area contributed by atoms with Gasteiger partial charge in [0, 0.05) is 32.6 Å². The van der Waals surface area contributed by atoms with Crippen molar-refractivity contribution in [3.05, 3.63) is 145 Å². The zero-order valence-corrected chi connectivity index (χ0v) is 24.4. The van der Waals surface area contributed by atoms with Crippen LogP contribution in [0.3, 0.4) is 0 Å². The van der Waals surface area contributed by atoms with Crippen LogP contribution < -0.4 is 0 Å². The Hall–Kier alpha value is -6.25. The van der Waals surface area contributed by atoms with E-state index in [4.69, 9.17) is 9.97 Å². The maximum Gasteiger partial charge on any atom is 0.236 e. The summed E-state index contributed by atoms with van der Waals surface area (Å²) in [5.41, 5.74) is 10.1. The molecule has 5 heteroatoms. The molecule has 9 rings (SSSR count). The van der Waals surface area contributed by atoms with Crippen molar-refractivity contribution in [3.63, 3.8) is 0 Å². The second kappa shape index (κ2) is 9.63. The molecule has 0 radical (unpaired) electrons. The predicted octanol–water partition coefficient (Wildman–Crippen LogP) is 9.67. The monoisotopic (exact) mass is 575 g/mol. The van der Waals surface area contributed by atoms with Crippen LogP contribution in [0, 0.1) is 18.3 Å². The fraction of sp³-hybridized carbons (Fsp3) is 0.0250. The Kier molecular flexibility index (Phi) is 5.41. The summed E-state index contributed by atoms with van der Waals surface area (Å²) in [5.74, 6) is 0.494. The third kappa shape index (κ3) is 3.80. The number of nitriles is 1. The number of aromatic nitrogens is 4. The van der Waals surface area contributed by atoms with E-state index in [0.29, 0.717) is 11.6 Å². The average Bonchev–Trinajstić information content (AvgIpc) is 3.60. The number of rotatable bonds is 3. The predicted molar refractivity (Wildman–Crippen MR) is 183 cm³/mol. The smallest absolute Gasteiger partial charge is 0.236 e. The van der Waals surface area contributed by atoms with Crippen LogP contribution in [0.15, 0.2) is 133 Å². The minimum Gasteiger partial charge on any atom is -0.309 e. The molecular formula is C40H25N5. The van der Waals surface area contributed by atoms with Crippen molar-refractivity contribution in [1.29, 1.82) is 5.26 Å². The number of hydrogen-bond donors (Lipinski definition) is 0. The van der Waals surface area contributed by atoms with Crippen LogP contribution in [0.1, 0.15) is 11.3 Å². The van der Waals surface area contributed by atoms with Gasteiger partial charge in [0.15, 0.2) is 5.69 Å². The van der Waals surface area contributed by atoms with Gasteiger partial charge in [-0.1, -0.05) is 84.4 Å². The van der Waals surface area contributed by atoms with Gasteiger partial charge in [0.05, 0.1) is 27.6 Å². The van der Waals surface area contributed by atoms with Gasteiger partial charge in [-0.15, -0.1) is 0 Å². The van der Waals surface area contributed by atoms with E-state index in [1.54, 1.807) is 0 Å². The van der Waals surface area contributed by atoms with Gasteiger partial charge < -0.3 is 4.57 Å². The number of nitrogens with zero attached hydrogens (tertiary/aromatic N) is 5. The van der Waals surface area contributed by atoms with E-state index < -0.39 is 0 Å². The largest absolute Gasteiger partial charge is 0.309 e. The normalized spacial score (nSPS) is 11.6. The van der Waals surface area contributed by atoms with Crippen LogP contribution in [0.25, 0.3) is 77.3 Å². The third-order valence-corrected chi connectivity index (χ3v) is 8.87. The molecule has 0 spiro atoms. The van der Waals surface area contributed by atoms with Crippen LogP contribution in [0.2, 0.25) is 0 Å². The minimum absolute atomic E-state index is 0.371. The van der Waals surface area contributed by atoms with E-state index in [9.17, 15) is 5.26 Å². The molecule has 0 fully saturated rings. The molecule has 0 unspecified atom stereocenters. The first-order chi connectivity index (χ1) is 22.2. The molecule has 0 N–H and O–H groups in total. The molecule has 3 heterocycles. The standard InChI is InChI=1S/C40H25N5/c1-25-14-18-28(19-15-25)44-36-12-6-3-8-29(36)31-20-16-27(23-39(31)44)26-17-21-38-33(22-26)30-9-4-7-13-37(30)45(38)40-42-34-11-5-2-10-32(34)35(24-41)43-40/h2-23H,1H3. The molecule has 3 aromatic heterocycles. The van der Waals surface area contributed by atoms with Gasteiger partial charge in [0.1, 0.15) is 6.07 Å². The molecule has 0 aliphatic heterocycles. The summed E-state index contributed by atoms with van der Waals surface area (Å²) in [4.78, 5) is 9.63. The first-order valence-corrected chi connectivity index (χ1v) is 15.0. The summed E-state index contributed by atoms with van der Waals surface area (Å²) in [7, 11) is 0. The van der Waals surface area contributed by atoms with E-state index >= 15 is 0 Å². The highest BCUT2D eigenvalue weighted by Gasteiger charge is 2.18. The second-order valence-electron chi connectivity index (χ2n) is 11.5. The van der Waals surface area contributed by atoms with Gasteiger partial charge in [-0.3, -0.25) is 4.57 Å². The molecule has 210 valence electrons. The van der Waals surface area contributed by atoms with Gasteiger partial charge in [0.2, 0.25) is 5.95 Å². The van der Waals surface area contributed by atoms with Gasteiger partial charge in [-0.25, -0.2) is 9.97 Å². The minimum atomic E-state index is 0.371.